The second-order valence-corrected chi connectivity index (χ2v) is 4.97. The van der Waals surface area contributed by atoms with Crippen molar-refractivity contribution in [3.05, 3.63) is 60.8 Å². The maximum Gasteiger partial charge on any atom is 0.165 e. The molecule has 0 radical (unpaired) electrons. The molecule has 0 fully saturated rings. The highest BCUT2D eigenvalue weighted by Crippen LogP contribution is 2.21. The molecule has 0 saturated carbocycles. The Bertz CT molecular complexity index is 920. The van der Waals surface area contributed by atoms with Crippen molar-refractivity contribution in [1.29, 1.82) is 0 Å². The van der Waals surface area contributed by atoms with E-state index in [9.17, 15) is 0 Å². The first-order valence-electron chi connectivity index (χ1n) is 6.88. The van der Waals surface area contributed by atoms with Crippen molar-refractivity contribution in [1.82, 2.24) is 34.1 Å². The Balaban J connectivity index is 1.75. The third-order valence-electron chi connectivity index (χ3n) is 3.40. The van der Waals surface area contributed by atoms with Gasteiger partial charge < -0.3 is 4.57 Å². The van der Waals surface area contributed by atoms with Crippen LogP contribution in [-0.2, 0) is 6.54 Å². The molecule has 0 aliphatic carbocycles. The summed E-state index contributed by atoms with van der Waals surface area (Å²) in [4.78, 5) is 17.5. The summed E-state index contributed by atoms with van der Waals surface area (Å²) in [6, 6.07) is 1.85. The van der Waals surface area contributed by atoms with Crippen LogP contribution in [-0.4, -0.2) is 34.1 Å². The summed E-state index contributed by atoms with van der Waals surface area (Å²) in [5.41, 5.74) is 3.46. The van der Waals surface area contributed by atoms with Gasteiger partial charge in [-0.3, -0.25) is 9.97 Å². The zero-order chi connectivity index (χ0) is 14.9. The van der Waals surface area contributed by atoms with Crippen molar-refractivity contribution >= 4 is 5.65 Å². The molecule has 0 aliphatic rings. The van der Waals surface area contributed by atoms with Crippen molar-refractivity contribution in [2.75, 3.05) is 0 Å². The van der Waals surface area contributed by atoms with Crippen molar-refractivity contribution in [2.24, 2.45) is 0 Å². The van der Waals surface area contributed by atoms with Gasteiger partial charge in [-0.2, -0.15) is 5.10 Å². The van der Waals surface area contributed by atoms with Crippen LogP contribution in [0.25, 0.3) is 17.0 Å². The summed E-state index contributed by atoms with van der Waals surface area (Å²) in [5, 5.41) is 4.31. The number of aryl methyl sites for hydroxylation is 1. The van der Waals surface area contributed by atoms with Crippen LogP contribution in [0.1, 0.15) is 11.4 Å². The first-order chi connectivity index (χ1) is 10.8. The van der Waals surface area contributed by atoms with Crippen LogP contribution < -0.4 is 0 Å². The molecule has 0 spiro atoms. The van der Waals surface area contributed by atoms with Crippen LogP contribution >= 0.6 is 0 Å². The normalized spacial score (nSPS) is 11.1. The van der Waals surface area contributed by atoms with Gasteiger partial charge >= 0.3 is 0 Å². The molecule has 0 aromatic carbocycles. The fourth-order valence-electron chi connectivity index (χ4n) is 2.34. The van der Waals surface area contributed by atoms with Gasteiger partial charge in [-0.25, -0.2) is 14.5 Å². The van der Waals surface area contributed by atoms with Crippen molar-refractivity contribution in [3.63, 3.8) is 0 Å². The third kappa shape index (κ3) is 2.12. The average Bonchev–Trinajstić information content (AvgIpc) is 3.16. The van der Waals surface area contributed by atoms with Crippen LogP contribution in [0.3, 0.4) is 0 Å². The second-order valence-electron chi connectivity index (χ2n) is 4.97. The summed E-state index contributed by atoms with van der Waals surface area (Å²) in [6.07, 6.45) is 12.6. The van der Waals surface area contributed by atoms with Gasteiger partial charge in [0.25, 0.3) is 0 Å². The smallest absolute Gasteiger partial charge is 0.165 e. The standard InChI is InChI=1S/C15H13N7/c1-11-7-19-12(8-18-11)10-21-6-4-17-14(21)13-9-20-22-5-2-3-16-15(13)22/h2-9H,10H2,1H3. The molecule has 4 heterocycles. The Hall–Kier alpha value is -3.09. The molecule has 0 atom stereocenters. The van der Waals surface area contributed by atoms with E-state index < -0.39 is 0 Å². The van der Waals surface area contributed by atoms with Crippen LogP contribution in [0.15, 0.2) is 49.4 Å². The quantitative estimate of drug-likeness (QED) is 0.575. The maximum atomic E-state index is 4.44. The topological polar surface area (TPSA) is 73.8 Å². The van der Waals surface area contributed by atoms with Crippen LogP contribution in [0.4, 0.5) is 0 Å². The lowest BCUT2D eigenvalue weighted by atomic mass is 10.3. The number of rotatable bonds is 3. The van der Waals surface area contributed by atoms with Gasteiger partial charge in [0.05, 0.1) is 35.9 Å². The van der Waals surface area contributed by atoms with Gasteiger partial charge in [0.1, 0.15) is 5.82 Å². The van der Waals surface area contributed by atoms with E-state index in [1.54, 1.807) is 35.5 Å². The van der Waals surface area contributed by atoms with Gasteiger partial charge in [-0.15, -0.1) is 0 Å². The predicted octanol–water partition coefficient (Wildman–Crippen LogP) is 1.74. The average molecular weight is 291 g/mol. The van der Waals surface area contributed by atoms with E-state index in [2.05, 4.69) is 25.0 Å². The van der Waals surface area contributed by atoms with E-state index >= 15 is 0 Å². The number of hydrogen-bond acceptors (Lipinski definition) is 5. The largest absolute Gasteiger partial charge is 0.325 e. The summed E-state index contributed by atoms with van der Waals surface area (Å²) in [5.74, 6) is 0.816. The monoisotopic (exact) mass is 291 g/mol. The van der Waals surface area contributed by atoms with Crippen molar-refractivity contribution in [3.8, 4) is 11.4 Å². The molecule has 4 aromatic heterocycles. The molecule has 108 valence electrons. The Kier molecular flexibility index (Phi) is 2.89. The molecule has 0 saturated heterocycles. The highest BCUT2D eigenvalue weighted by molar-refractivity contribution is 5.72. The number of imidazole rings is 1. The SMILES string of the molecule is Cc1cnc(Cn2ccnc2-c2cnn3cccnc23)cn1. The Morgan fingerprint density at radius 3 is 2.77 bits per heavy atom. The lowest BCUT2D eigenvalue weighted by Gasteiger charge is -2.06. The van der Waals surface area contributed by atoms with E-state index in [0.29, 0.717) is 6.54 Å². The minimum Gasteiger partial charge on any atom is -0.325 e. The van der Waals surface area contributed by atoms with Crippen LogP contribution in [0, 0.1) is 6.92 Å². The Morgan fingerprint density at radius 1 is 0.955 bits per heavy atom. The maximum absolute atomic E-state index is 4.44. The van der Waals surface area contributed by atoms with Gasteiger partial charge in [-0.05, 0) is 13.0 Å². The van der Waals surface area contributed by atoms with Crippen molar-refractivity contribution < 1.29 is 0 Å². The van der Waals surface area contributed by atoms with Gasteiger partial charge in [0, 0.05) is 31.0 Å². The van der Waals surface area contributed by atoms with Gasteiger partial charge in [0.2, 0.25) is 0 Å². The molecule has 0 bridgehead atoms. The Labute approximate surface area is 126 Å². The van der Waals surface area contributed by atoms with Gasteiger partial charge in [-0.1, -0.05) is 0 Å². The molecular weight excluding hydrogens is 278 g/mol. The molecule has 4 rings (SSSR count). The minimum atomic E-state index is 0.604. The molecule has 22 heavy (non-hydrogen) atoms. The van der Waals surface area contributed by atoms with E-state index in [0.717, 1.165) is 28.4 Å². The predicted molar refractivity (Wildman–Crippen MR) is 80.1 cm³/mol. The first kappa shape index (κ1) is 12.6. The van der Waals surface area contributed by atoms with Gasteiger partial charge in [0.15, 0.2) is 5.65 Å². The highest BCUT2D eigenvalue weighted by Gasteiger charge is 2.13. The molecule has 7 heteroatoms. The number of fused-ring (bicyclic) bond motifs is 1. The summed E-state index contributed by atoms with van der Waals surface area (Å²) >= 11 is 0. The Morgan fingerprint density at radius 2 is 1.91 bits per heavy atom. The lowest BCUT2D eigenvalue weighted by molar-refractivity contribution is 0.773. The third-order valence-corrected chi connectivity index (χ3v) is 3.40. The summed E-state index contributed by atoms with van der Waals surface area (Å²) in [6.45, 7) is 2.52. The summed E-state index contributed by atoms with van der Waals surface area (Å²) < 4.78 is 3.76. The summed E-state index contributed by atoms with van der Waals surface area (Å²) in [7, 11) is 0. The molecule has 4 aromatic rings. The molecule has 0 N–H and O–H groups in total. The lowest BCUT2D eigenvalue weighted by Crippen LogP contribution is -2.04. The molecule has 7 nitrogen and oxygen atoms in total. The van der Waals surface area contributed by atoms with Crippen LogP contribution in [0.5, 0.6) is 0 Å². The van der Waals surface area contributed by atoms with E-state index in [4.69, 9.17) is 0 Å². The molecule has 0 amide bonds. The number of hydrogen-bond donors (Lipinski definition) is 0. The van der Waals surface area contributed by atoms with E-state index in [1.807, 2.05) is 30.0 Å². The second kappa shape index (κ2) is 5.03. The van der Waals surface area contributed by atoms with Crippen molar-refractivity contribution in [2.45, 2.75) is 13.5 Å². The minimum absolute atomic E-state index is 0.604. The first-order valence-corrected chi connectivity index (χ1v) is 6.88. The zero-order valence-electron chi connectivity index (χ0n) is 12.0. The fourth-order valence-corrected chi connectivity index (χ4v) is 2.34. The highest BCUT2D eigenvalue weighted by atomic mass is 15.2. The zero-order valence-corrected chi connectivity index (χ0v) is 12.0. The molecule has 0 unspecified atom stereocenters. The fraction of sp³-hybridized carbons (Fsp3) is 0.133. The van der Waals surface area contributed by atoms with Crippen LogP contribution in [0.2, 0.25) is 0 Å². The van der Waals surface area contributed by atoms with E-state index in [1.165, 1.54) is 0 Å². The number of nitrogens with zero attached hydrogens (tertiary/aromatic N) is 7. The number of aromatic nitrogens is 7. The van der Waals surface area contributed by atoms with E-state index in [-0.39, 0.29) is 0 Å². The molecule has 0 aliphatic heterocycles. The molecular formula is C15H13N7.